The lowest BCUT2D eigenvalue weighted by molar-refractivity contribution is -0.0295. The van der Waals surface area contributed by atoms with Crippen molar-refractivity contribution in [3.05, 3.63) is 29.3 Å². The topological polar surface area (TPSA) is 12.5 Å². The number of benzene rings is 1. The molecule has 1 aromatic rings. The standard InChI is InChI=1S/C15H19NO/c1-4-11-5-2-8-16-10-12-6-3-9-17-15(12)13(7-1)14(11)16/h1,4,7,12,15H,2-3,5-6,8-10H2/t12-,15-/m1/s1. The maximum absolute atomic E-state index is 6.05. The third-order valence-electron chi connectivity index (χ3n) is 4.55. The lowest BCUT2D eigenvalue weighted by atomic mass is 9.81. The van der Waals surface area contributed by atoms with Gasteiger partial charge in [0.15, 0.2) is 0 Å². The second-order valence-electron chi connectivity index (χ2n) is 5.60. The van der Waals surface area contributed by atoms with Crippen LogP contribution in [0.3, 0.4) is 0 Å². The van der Waals surface area contributed by atoms with Gasteiger partial charge in [-0.3, -0.25) is 0 Å². The van der Waals surface area contributed by atoms with Gasteiger partial charge in [-0.05, 0) is 31.2 Å². The first-order chi connectivity index (χ1) is 8.43. The summed E-state index contributed by atoms with van der Waals surface area (Å²) in [5, 5.41) is 0. The van der Waals surface area contributed by atoms with E-state index in [0.717, 1.165) is 12.5 Å². The van der Waals surface area contributed by atoms with Gasteiger partial charge in [-0.1, -0.05) is 18.2 Å². The Bertz CT molecular complexity index is 443. The summed E-state index contributed by atoms with van der Waals surface area (Å²) in [6.07, 6.45) is 5.52. The maximum atomic E-state index is 6.05. The molecule has 1 saturated heterocycles. The Morgan fingerprint density at radius 3 is 3.24 bits per heavy atom. The Kier molecular flexibility index (Phi) is 2.19. The first kappa shape index (κ1) is 9.95. The van der Waals surface area contributed by atoms with Crippen LogP contribution < -0.4 is 4.90 Å². The smallest absolute Gasteiger partial charge is 0.0889 e. The molecule has 2 heteroatoms. The molecule has 0 bridgehead atoms. The summed E-state index contributed by atoms with van der Waals surface area (Å²) in [5.74, 6) is 0.726. The van der Waals surface area contributed by atoms with Crippen LogP contribution in [-0.2, 0) is 11.2 Å². The average Bonchev–Trinajstić information content (AvgIpc) is 2.39. The van der Waals surface area contributed by atoms with Crippen molar-refractivity contribution in [3.63, 3.8) is 0 Å². The normalized spacial score (nSPS) is 30.7. The second kappa shape index (κ2) is 3.74. The van der Waals surface area contributed by atoms with Crippen molar-refractivity contribution in [1.29, 1.82) is 0 Å². The number of hydrogen-bond acceptors (Lipinski definition) is 2. The van der Waals surface area contributed by atoms with Gasteiger partial charge in [0.05, 0.1) is 6.10 Å². The number of fused-ring (bicyclic) bond motifs is 2. The van der Waals surface area contributed by atoms with E-state index >= 15 is 0 Å². The van der Waals surface area contributed by atoms with E-state index in [0.29, 0.717) is 6.10 Å². The maximum Gasteiger partial charge on any atom is 0.0889 e. The fourth-order valence-electron chi connectivity index (χ4n) is 3.84. The molecule has 0 aromatic heterocycles. The fourth-order valence-corrected chi connectivity index (χ4v) is 3.84. The van der Waals surface area contributed by atoms with Crippen LogP contribution >= 0.6 is 0 Å². The lowest BCUT2D eigenvalue weighted by Crippen LogP contribution is -2.43. The zero-order valence-electron chi connectivity index (χ0n) is 10.2. The number of nitrogens with zero attached hydrogens (tertiary/aromatic N) is 1. The van der Waals surface area contributed by atoms with E-state index in [2.05, 4.69) is 23.1 Å². The van der Waals surface area contributed by atoms with Crippen molar-refractivity contribution in [1.82, 2.24) is 0 Å². The van der Waals surface area contributed by atoms with Crippen molar-refractivity contribution in [2.24, 2.45) is 5.92 Å². The number of hydrogen-bond donors (Lipinski definition) is 0. The molecule has 0 N–H and O–H groups in total. The molecular weight excluding hydrogens is 210 g/mol. The Labute approximate surface area is 103 Å². The zero-order valence-corrected chi connectivity index (χ0v) is 10.2. The lowest BCUT2D eigenvalue weighted by Gasteiger charge is -2.45. The highest BCUT2D eigenvalue weighted by molar-refractivity contribution is 5.64. The minimum absolute atomic E-state index is 0.382. The summed E-state index contributed by atoms with van der Waals surface area (Å²) in [4.78, 5) is 2.62. The van der Waals surface area contributed by atoms with Crippen molar-refractivity contribution in [2.45, 2.75) is 31.8 Å². The highest BCUT2D eigenvalue weighted by Crippen LogP contribution is 2.46. The molecular formula is C15H19NO. The van der Waals surface area contributed by atoms with Gasteiger partial charge >= 0.3 is 0 Å². The largest absolute Gasteiger partial charge is 0.373 e. The van der Waals surface area contributed by atoms with E-state index in [9.17, 15) is 0 Å². The van der Waals surface area contributed by atoms with E-state index in [4.69, 9.17) is 4.74 Å². The van der Waals surface area contributed by atoms with Gasteiger partial charge in [0.25, 0.3) is 0 Å². The SMILES string of the molecule is c1cc2c3c(c1)[C@@H]1OCCC[C@@H]1CN3CCC2. The number of para-hydroxylation sites is 1. The molecule has 3 aliphatic rings. The number of anilines is 1. The van der Waals surface area contributed by atoms with E-state index in [-0.39, 0.29) is 0 Å². The summed E-state index contributed by atoms with van der Waals surface area (Å²) in [6, 6.07) is 6.81. The minimum Gasteiger partial charge on any atom is -0.373 e. The Morgan fingerprint density at radius 2 is 2.24 bits per heavy atom. The number of aryl methyl sites for hydroxylation is 1. The van der Waals surface area contributed by atoms with Crippen LogP contribution in [0, 0.1) is 5.92 Å². The Hall–Kier alpha value is -1.02. The van der Waals surface area contributed by atoms with Crippen molar-refractivity contribution in [2.75, 3.05) is 24.6 Å². The van der Waals surface area contributed by atoms with Crippen molar-refractivity contribution >= 4 is 5.69 Å². The molecule has 0 radical (unpaired) electrons. The number of rotatable bonds is 0. The molecule has 17 heavy (non-hydrogen) atoms. The van der Waals surface area contributed by atoms with Gasteiger partial charge in [-0.2, -0.15) is 0 Å². The molecule has 1 aromatic carbocycles. The summed E-state index contributed by atoms with van der Waals surface area (Å²) in [5.41, 5.74) is 4.53. The van der Waals surface area contributed by atoms with E-state index in [1.165, 1.54) is 50.0 Å². The van der Waals surface area contributed by atoms with E-state index in [1.54, 1.807) is 5.56 Å². The van der Waals surface area contributed by atoms with Gasteiger partial charge in [0.1, 0.15) is 0 Å². The molecule has 0 amide bonds. The van der Waals surface area contributed by atoms with E-state index < -0.39 is 0 Å². The third kappa shape index (κ3) is 1.43. The second-order valence-corrected chi connectivity index (χ2v) is 5.60. The molecule has 4 rings (SSSR count). The average molecular weight is 229 g/mol. The van der Waals surface area contributed by atoms with Crippen LogP contribution in [0.5, 0.6) is 0 Å². The molecule has 2 nitrogen and oxygen atoms in total. The molecule has 3 aliphatic heterocycles. The Morgan fingerprint density at radius 1 is 1.24 bits per heavy atom. The fraction of sp³-hybridized carbons (Fsp3) is 0.600. The van der Waals surface area contributed by atoms with Gasteiger partial charge in [0.2, 0.25) is 0 Å². The molecule has 0 saturated carbocycles. The molecule has 90 valence electrons. The predicted octanol–water partition coefficient (Wildman–Crippen LogP) is 2.92. The van der Waals surface area contributed by atoms with Crippen molar-refractivity contribution < 1.29 is 4.74 Å². The summed E-state index contributed by atoms with van der Waals surface area (Å²) < 4.78 is 6.05. The summed E-state index contributed by atoms with van der Waals surface area (Å²) in [6.45, 7) is 3.41. The molecule has 0 spiro atoms. The molecule has 0 aliphatic carbocycles. The van der Waals surface area contributed by atoms with Gasteiger partial charge in [0, 0.05) is 36.9 Å². The molecule has 0 unspecified atom stereocenters. The number of ether oxygens (including phenoxy) is 1. The first-order valence-corrected chi connectivity index (χ1v) is 6.92. The van der Waals surface area contributed by atoms with Gasteiger partial charge in [-0.25, -0.2) is 0 Å². The van der Waals surface area contributed by atoms with Crippen LogP contribution in [0.25, 0.3) is 0 Å². The summed E-state index contributed by atoms with van der Waals surface area (Å²) >= 11 is 0. The quantitative estimate of drug-likeness (QED) is 0.678. The zero-order chi connectivity index (χ0) is 11.2. The van der Waals surface area contributed by atoms with Crippen LogP contribution in [0.2, 0.25) is 0 Å². The van der Waals surface area contributed by atoms with Gasteiger partial charge in [-0.15, -0.1) is 0 Å². The molecule has 3 heterocycles. The van der Waals surface area contributed by atoms with Crippen LogP contribution in [0.1, 0.15) is 36.5 Å². The van der Waals surface area contributed by atoms with E-state index in [1.807, 2.05) is 0 Å². The highest BCUT2D eigenvalue weighted by Gasteiger charge is 2.37. The molecule has 1 fully saturated rings. The van der Waals surface area contributed by atoms with Crippen LogP contribution in [0.4, 0.5) is 5.69 Å². The monoisotopic (exact) mass is 229 g/mol. The third-order valence-corrected chi connectivity index (χ3v) is 4.55. The minimum atomic E-state index is 0.382. The van der Waals surface area contributed by atoms with Crippen LogP contribution in [-0.4, -0.2) is 19.7 Å². The highest BCUT2D eigenvalue weighted by atomic mass is 16.5. The van der Waals surface area contributed by atoms with Crippen LogP contribution in [0.15, 0.2) is 18.2 Å². The predicted molar refractivity (Wildman–Crippen MR) is 68.4 cm³/mol. The van der Waals surface area contributed by atoms with Gasteiger partial charge < -0.3 is 9.64 Å². The van der Waals surface area contributed by atoms with Crippen molar-refractivity contribution in [3.8, 4) is 0 Å². The molecule has 2 atom stereocenters. The summed E-state index contributed by atoms with van der Waals surface area (Å²) in [7, 11) is 0. The first-order valence-electron chi connectivity index (χ1n) is 6.92. The Balaban J connectivity index is 1.85.